The molecule has 0 saturated carbocycles. The van der Waals surface area contributed by atoms with Crippen molar-refractivity contribution in [3.63, 3.8) is 0 Å². The van der Waals surface area contributed by atoms with Crippen LogP contribution in [0.25, 0.3) is 22.2 Å². The summed E-state index contributed by atoms with van der Waals surface area (Å²) in [5, 5.41) is 0. The lowest BCUT2D eigenvalue weighted by Gasteiger charge is -2.17. The van der Waals surface area contributed by atoms with Gasteiger partial charge in [-0.25, -0.2) is 9.78 Å². The normalized spacial score (nSPS) is 12.2. The van der Waals surface area contributed by atoms with Crippen molar-refractivity contribution in [2.24, 2.45) is 5.73 Å². The lowest BCUT2D eigenvalue weighted by atomic mass is 10.0. The van der Waals surface area contributed by atoms with Crippen molar-refractivity contribution < 1.29 is 9.53 Å². The van der Waals surface area contributed by atoms with Gasteiger partial charge in [0.1, 0.15) is 0 Å². The van der Waals surface area contributed by atoms with Gasteiger partial charge in [-0.05, 0) is 44.4 Å². The van der Waals surface area contributed by atoms with Crippen molar-refractivity contribution in [3.05, 3.63) is 46.9 Å². The fourth-order valence-electron chi connectivity index (χ4n) is 3.31. The number of aromatic nitrogens is 3. The maximum absolute atomic E-state index is 12.3. The second kappa shape index (κ2) is 7.94. The van der Waals surface area contributed by atoms with E-state index in [0.717, 1.165) is 29.4 Å². The van der Waals surface area contributed by atoms with Crippen molar-refractivity contribution in [1.29, 1.82) is 0 Å². The molecule has 0 radical (unpaired) electrons. The van der Waals surface area contributed by atoms with E-state index in [1.807, 2.05) is 22.8 Å². The largest absolute Gasteiger partial charge is 0.450 e. The molecule has 0 bridgehead atoms. The molecular formula is C19H23N5O3. The zero-order valence-electron chi connectivity index (χ0n) is 15.1. The molecule has 1 aromatic carbocycles. The number of aromatic amines is 1. The van der Waals surface area contributed by atoms with Gasteiger partial charge in [-0.3, -0.25) is 4.79 Å². The Morgan fingerprint density at radius 1 is 1.26 bits per heavy atom. The molecule has 1 amide bonds. The van der Waals surface area contributed by atoms with E-state index < -0.39 is 6.09 Å². The van der Waals surface area contributed by atoms with Gasteiger partial charge in [0.25, 0.3) is 5.56 Å². The Kier molecular flexibility index (Phi) is 5.44. The summed E-state index contributed by atoms with van der Waals surface area (Å²) in [4.78, 5) is 30.1. The number of pyridine rings is 1. The van der Waals surface area contributed by atoms with E-state index in [9.17, 15) is 9.59 Å². The van der Waals surface area contributed by atoms with Crippen LogP contribution in [0, 0.1) is 0 Å². The van der Waals surface area contributed by atoms with E-state index in [4.69, 9.17) is 16.2 Å². The van der Waals surface area contributed by atoms with E-state index in [2.05, 4.69) is 16.9 Å². The number of fused-ring (bicyclic) bond motifs is 1. The van der Waals surface area contributed by atoms with Crippen LogP contribution in [0.3, 0.4) is 0 Å². The van der Waals surface area contributed by atoms with Gasteiger partial charge < -0.3 is 25.8 Å². The summed E-state index contributed by atoms with van der Waals surface area (Å²) in [6, 6.07) is 9.29. The third kappa shape index (κ3) is 3.94. The number of H-pyrrole nitrogens is 1. The van der Waals surface area contributed by atoms with Gasteiger partial charge >= 0.3 is 6.09 Å². The highest BCUT2D eigenvalue weighted by Crippen LogP contribution is 2.32. The van der Waals surface area contributed by atoms with Crippen molar-refractivity contribution in [2.75, 3.05) is 12.3 Å². The number of benzene rings is 1. The second-order valence-corrected chi connectivity index (χ2v) is 6.44. The van der Waals surface area contributed by atoms with Gasteiger partial charge in [0.2, 0.25) is 5.95 Å². The highest BCUT2D eigenvalue weighted by Gasteiger charge is 2.18. The number of amides is 1. The Balaban J connectivity index is 1.91. The van der Waals surface area contributed by atoms with Crippen LogP contribution >= 0.6 is 0 Å². The van der Waals surface area contributed by atoms with Crippen LogP contribution in [-0.4, -0.2) is 27.2 Å². The van der Waals surface area contributed by atoms with Crippen LogP contribution in [0.1, 0.15) is 32.2 Å². The van der Waals surface area contributed by atoms with Crippen LogP contribution in [0.4, 0.5) is 10.7 Å². The number of nitrogens with zero attached hydrogens (tertiary/aromatic N) is 2. The number of carbonyl (C=O) groups is 1. The van der Waals surface area contributed by atoms with E-state index in [1.54, 1.807) is 18.3 Å². The number of unbranched alkanes of at least 4 members (excludes halogenated alkanes) is 1. The number of nitrogen functional groups attached to an aromatic ring is 1. The number of ether oxygens (including phenoxy) is 1. The van der Waals surface area contributed by atoms with Gasteiger partial charge in [-0.15, -0.1) is 0 Å². The molecule has 8 heteroatoms. The third-order valence-electron chi connectivity index (χ3n) is 4.55. The predicted octanol–water partition coefficient (Wildman–Crippen LogP) is 2.80. The number of anilines is 1. The predicted molar refractivity (Wildman–Crippen MR) is 104 cm³/mol. The van der Waals surface area contributed by atoms with Gasteiger partial charge in [0.05, 0.1) is 17.6 Å². The van der Waals surface area contributed by atoms with Gasteiger partial charge in [-0.2, -0.15) is 0 Å². The van der Waals surface area contributed by atoms with Crippen molar-refractivity contribution in [2.45, 2.75) is 32.2 Å². The van der Waals surface area contributed by atoms with Crippen molar-refractivity contribution >= 4 is 23.1 Å². The number of rotatable bonds is 7. The number of para-hydroxylation sites is 1. The molecule has 142 valence electrons. The fourth-order valence-corrected chi connectivity index (χ4v) is 3.31. The maximum atomic E-state index is 12.3. The molecule has 2 aromatic heterocycles. The number of hydrogen-bond acceptors (Lipinski definition) is 5. The number of carbonyl (C=O) groups excluding carboxylic acids is 1. The van der Waals surface area contributed by atoms with Crippen LogP contribution in [0.5, 0.6) is 0 Å². The van der Waals surface area contributed by atoms with E-state index >= 15 is 0 Å². The molecule has 3 aromatic rings. The summed E-state index contributed by atoms with van der Waals surface area (Å²) in [6.07, 6.45) is 3.21. The molecule has 5 N–H and O–H groups in total. The number of primary amides is 1. The first kappa shape index (κ1) is 18.5. The molecule has 3 rings (SSSR count). The first-order valence-corrected chi connectivity index (χ1v) is 8.85. The van der Waals surface area contributed by atoms with Gasteiger partial charge in [0, 0.05) is 23.4 Å². The molecule has 27 heavy (non-hydrogen) atoms. The lowest BCUT2D eigenvalue weighted by Crippen LogP contribution is -2.14. The van der Waals surface area contributed by atoms with Crippen LogP contribution in [0.2, 0.25) is 0 Å². The van der Waals surface area contributed by atoms with Crippen LogP contribution in [0.15, 0.2) is 41.3 Å². The number of imidazole rings is 1. The average Bonchev–Trinajstić information content (AvgIpc) is 2.97. The smallest absolute Gasteiger partial charge is 0.404 e. The average molecular weight is 369 g/mol. The molecule has 0 spiro atoms. The van der Waals surface area contributed by atoms with E-state index in [-0.39, 0.29) is 11.6 Å². The van der Waals surface area contributed by atoms with Gasteiger partial charge in [-0.1, -0.05) is 12.1 Å². The number of nitrogens with one attached hydrogen (secondary N) is 1. The van der Waals surface area contributed by atoms with Crippen LogP contribution in [-0.2, 0) is 4.74 Å². The van der Waals surface area contributed by atoms with Gasteiger partial charge in [0.15, 0.2) is 0 Å². The summed E-state index contributed by atoms with van der Waals surface area (Å²) in [6.45, 7) is 2.35. The highest BCUT2D eigenvalue weighted by atomic mass is 16.5. The minimum absolute atomic E-state index is 0.0625. The minimum Gasteiger partial charge on any atom is -0.450 e. The molecule has 0 aliphatic carbocycles. The standard InChI is InChI=1S/C19H23N5O3/c1-12(6-2-3-11-27-19(21)26)24-16-13(14-8-5-10-22-17(14)25)7-4-9-15(16)23-18(24)20/h4-5,7-10,12H,2-3,6,11H2,1H3,(H2,20,23)(H2,21,26)(H,22,25). The highest BCUT2D eigenvalue weighted by molar-refractivity contribution is 5.93. The maximum Gasteiger partial charge on any atom is 0.404 e. The summed E-state index contributed by atoms with van der Waals surface area (Å²) in [5.74, 6) is 0.408. The first-order valence-electron chi connectivity index (χ1n) is 8.85. The molecule has 2 heterocycles. The fraction of sp³-hybridized carbons (Fsp3) is 0.316. The summed E-state index contributed by atoms with van der Waals surface area (Å²) < 4.78 is 6.72. The second-order valence-electron chi connectivity index (χ2n) is 6.44. The molecule has 0 saturated heterocycles. The molecule has 0 fully saturated rings. The quantitative estimate of drug-likeness (QED) is 0.552. The molecule has 1 unspecified atom stereocenters. The van der Waals surface area contributed by atoms with Crippen LogP contribution < -0.4 is 17.0 Å². The molecule has 8 nitrogen and oxygen atoms in total. The Labute approximate surface area is 156 Å². The minimum atomic E-state index is -0.759. The molecule has 1 atom stereocenters. The lowest BCUT2D eigenvalue weighted by molar-refractivity contribution is 0.154. The first-order chi connectivity index (χ1) is 13.0. The molecule has 0 aliphatic heterocycles. The molecule has 0 aliphatic rings. The van der Waals surface area contributed by atoms with Crippen molar-refractivity contribution in [3.8, 4) is 11.1 Å². The number of hydrogen-bond donors (Lipinski definition) is 3. The molecular weight excluding hydrogens is 346 g/mol. The zero-order valence-corrected chi connectivity index (χ0v) is 15.1. The zero-order chi connectivity index (χ0) is 19.4. The SMILES string of the molecule is CC(CCCCOC(N)=O)n1c(N)nc2cccc(-c3ccc[nH]c3=O)c21. The summed E-state index contributed by atoms with van der Waals surface area (Å²) in [7, 11) is 0. The topological polar surface area (TPSA) is 129 Å². The summed E-state index contributed by atoms with van der Waals surface area (Å²) in [5.41, 5.74) is 13.9. The van der Waals surface area contributed by atoms with E-state index in [1.165, 1.54) is 0 Å². The Morgan fingerprint density at radius 2 is 2.04 bits per heavy atom. The van der Waals surface area contributed by atoms with E-state index in [0.29, 0.717) is 24.5 Å². The Hall–Kier alpha value is -3.29. The monoisotopic (exact) mass is 369 g/mol. The third-order valence-corrected chi connectivity index (χ3v) is 4.55. The number of nitrogens with two attached hydrogens (primary N) is 2. The summed E-state index contributed by atoms with van der Waals surface area (Å²) >= 11 is 0. The Morgan fingerprint density at radius 3 is 2.78 bits per heavy atom. The van der Waals surface area contributed by atoms with Crippen molar-refractivity contribution in [1.82, 2.24) is 14.5 Å². The Bertz CT molecular complexity index is 1010.